The molecule has 6 heteroatoms. The maximum atomic E-state index is 12.1. The van der Waals surface area contributed by atoms with E-state index in [4.69, 9.17) is 10.5 Å². The Labute approximate surface area is 126 Å². The van der Waals surface area contributed by atoms with Gasteiger partial charge in [0.1, 0.15) is 11.4 Å². The van der Waals surface area contributed by atoms with Crippen LogP contribution in [-0.4, -0.2) is 39.9 Å². The molecule has 2 heterocycles. The Morgan fingerprint density at radius 2 is 2.33 bits per heavy atom. The van der Waals surface area contributed by atoms with Gasteiger partial charge in [-0.3, -0.25) is 5.10 Å². The van der Waals surface area contributed by atoms with Gasteiger partial charge in [-0.15, -0.1) is 0 Å². The number of nitrogens with zero attached hydrogens (tertiary/aromatic N) is 2. The highest BCUT2D eigenvalue weighted by molar-refractivity contribution is 5.68. The first-order chi connectivity index (χ1) is 9.83. The van der Waals surface area contributed by atoms with Crippen molar-refractivity contribution >= 4 is 11.9 Å². The van der Waals surface area contributed by atoms with Crippen molar-refractivity contribution in [3.05, 3.63) is 11.8 Å². The van der Waals surface area contributed by atoms with Crippen LogP contribution in [0.25, 0.3) is 0 Å². The van der Waals surface area contributed by atoms with Crippen molar-refractivity contribution in [2.45, 2.75) is 52.1 Å². The summed E-state index contributed by atoms with van der Waals surface area (Å²) >= 11 is 0. The average molecular weight is 294 g/mol. The quantitative estimate of drug-likeness (QED) is 0.897. The molecule has 0 spiro atoms. The summed E-state index contributed by atoms with van der Waals surface area (Å²) in [5.74, 6) is 1.04. The lowest BCUT2D eigenvalue weighted by Crippen LogP contribution is -2.42. The predicted molar refractivity (Wildman–Crippen MR) is 81.9 cm³/mol. The number of likely N-dealkylation sites (tertiary alicyclic amines) is 1. The van der Waals surface area contributed by atoms with Gasteiger partial charge in [-0.05, 0) is 52.4 Å². The molecule has 1 aromatic heterocycles. The molecule has 1 aromatic rings. The number of amides is 1. The molecule has 2 rings (SSSR count). The number of nitrogen functional groups attached to an aromatic ring is 1. The molecular formula is C15H26N4O2. The molecule has 0 radical (unpaired) electrons. The highest BCUT2D eigenvalue weighted by atomic mass is 16.6. The summed E-state index contributed by atoms with van der Waals surface area (Å²) in [6.45, 7) is 7.26. The van der Waals surface area contributed by atoms with E-state index in [9.17, 15) is 4.79 Å². The molecule has 1 fully saturated rings. The van der Waals surface area contributed by atoms with Crippen molar-refractivity contribution in [2.75, 3.05) is 18.8 Å². The molecule has 1 amide bonds. The molecule has 0 aromatic carbocycles. The molecule has 21 heavy (non-hydrogen) atoms. The van der Waals surface area contributed by atoms with Gasteiger partial charge in [-0.1, -0.05) is 0 Å². The Hall–Kier alpha value is -1.72. The van der Waals surface area contributed by atoms with E-state index in [-0.39, 0.29) is 6.09 Å². The van der Waals surface area contributed by atoms with Crippen molar-refractivity contribution in [3.8, 4) is 0 Å². The fourth-order valence-corrected chi connectivity index (χ4v) is 2.66. The van der Waals surface area contributed by atoms with E-state index in [2.05, 4.69) is 10.2 Å². The molecule has 6 nitrogen and oxygen atoms in total. The van der Waals surface area contributed by atoms with Crippen molar-refractivity contribution in [2.24, 2.45) is 5.92 Å². The van der Waals surface area contributed by atoms with E-state index in [1.165, 1.54) is 0 Å². The average Bonchev–Trinajstić information content (AvgIpc) is 2.81. The highest BCUT2D eigenvalue weighted by Crippen LogP contribution is 2.23. The van der Waals surface area contributed by atoms with Gasteiger partial charge in [-0.2, -0.15) is 5.10 Å². The molecule has 1 unspecified atom stereocenters. The second-order valence-corrected chi connectivity index (χ2v) is 6.79. The number of ether oxygens (including phenoxy) is 1. The number of carbonyl (C=O) groups is 1. The fraction of sp³-hybridized carbons (Fsp3) is 0.733. The Bertz CT molecular complexity index is 478. The summed E-state index contributed by atoms with van der Waals surface area (Å²) in [6, 6.07) is 1.87. The first-order valence-corrected chi connectivity index (χ1v) is 7.61. The van der Waals surface area contributed by atoms with Gasteiger partial charge in [0.05, 0.1) is 0 Å². The van der Waals surface area contributed by atoms with Crippen molar-refractivity contribution in [1.82, 2.24) is 15.1 Å². The van der Waals surface area contributed by atoms with E-state index >= 15 is 0 Å². The monoisotopic (exact) mass is 294 g/mol. The molecule has 118 valence electrons. The summed E-state index contributed by atoms with van der Waals surface area (Å²) in [6.07, 6.45) is 3.94. The van der Waals surface area contributed by atoms with Crippen LogP contribution in [0, 0.1) is 5.92 Å². The van der Waals surface area contributed by atoms with Crippen LogP contribution >= 0.6 is 0 Å². The summed E-state index contributed by atoms with van der Waals surface area (Å²) in [5, 5.41) is 6.86. The number of nitrogens with two attached hydrogens (primary N) is 1. The van der Waals surface area contributed by atoms with Crippen LogP contribution in [0.2, 0.25) is 0 Å². The maximum Gasteiger partial charge on any atom is 0.410 e. The van der Waals surface area contributed by atoms with E-state index in [1.807, 2.05) is 31.7 Å². The summed E-state index contributed by atoms with van der Waals surface area (Å²) in [5.41, 5.74) is 6.22. The zero-order chi connectivity index (χ0) is 15.5. The van der Waals surface area contributed by atoms with Gasteiger partial charge in [0.25, 0.3) is 0 Å². The minimum Gasteiger partial charge on any atom is -0.444 e. The first-order valence-electron chi connectivity index (χ1n) is 7.61. The van der Waals surface area contributed by atoms with Gasteiger partial charge in [0.2, 0.25) is 0 Å². The van der Waals surface area contributed by atoms with Gasteiger partial charge in [-0.25, -0.2) is 4.79 Å². The van der Waals surface area contributed by atoms with Gasteiger partial charge in [0, 0.05) is 24.8 Å². The van der Waals surface area contributed by atoms with Crippen molar-refractivity contribution in [1.29, 1.82) is 0 Å². The number of aromatic amines is 1. The predicted octanol–water partition coefficient (Wildman–Crippen LogP) is 2.57. The van der Waals surface area contributed by atoms with Crippen LogP contribution in [0.3, 0.4) is 0 Å². The number of piperidine rings is 1. The van der Waals surface area contributed by atoms with Crippen molar-refractivity contribution in [3.63, 3.8) is 0 Å². The minimum atomic E-state index is -0.433. The molecule has 1 aliphatic rings. The topological polar surface area (TPSA) is 84.2 Å². The molecule has 0 saturated carbocycles. The van der Waals surface area contributed by atoms with Gasteiger partial charge < -0.3 is 15.4 Å². The maximum absolute atomic E-state index is 12.1. The largest absolute Gasteiger partial charge is 0.444 e. The number of aryl methyl sites for hydroxylation is 1. The number of anilines is 1. The zero-order valence-electron chi connectivity index (χ0n) is 13.2. The molecule has 0 aliphatic carbocycles. The number of H-pyrrole nitrogens is 1. The Morgan fingerprint density at radius 1 is 1.57 bits per heavy atom. The molecule has 1 aliphatic heterocycles. The molecule has 1 atom stereocenters. The van der Waals surface area contributed by atoms with E-state index in [0.717, 1.165) is 44.5 Å². The number of aromatic nitrogens is 2. The number of hydrogen-bond acceptors (Lipinski definition) is 4. The second kappa shape index (κ2) is 6.37. The van der Waals surface area contributed by atoms with E-state index < -0.39 is 5.60 Å². The van der Waals surface area contributed by atoms with Crippen LogP contribution in [-0.2, 0) is 11.2 Å². The molecule has 0 bridgehead atoms. The second-order valence-electron chi connectivity index (χ2n) is 6.79. The van der Waals surface area contributed by atoms with Gasteiger partial charge >= 0.3 is 6.09 Å². The first kappa shape index (κ1) is 15.7. The number of nitrogens with one attached hydrogen (secondary N) is 1. The number of rotatable bonds is 3. The molecular weight excluding hydrogens is 268 g/mol. The Kier molecular flexibility index (Phi) is 4.75. The third kappa shape index (κ3) is 4.95. The highest BCUT2D eigenvalue weighted by Gasteiger charge is 2.27. The van der Waals surface area contributed by atoms with Crippen LogP contribution in [0.5, 0.6) is 0 Å². The van der Waals surface area contributed by atoms with Gasteiger partial charge in [0.15, 0.2) is 0 Å². The third-order valence-corrected chi connectivity index (χ3v) is 3.64. The van der Waals surface area contributed by atoms with Crippen LogP contribution in [0.15, 0.2) is 6.07 Å². The molecule has 3 N–H and O–H groups in total. The number of carbonyl (C=O) groups excluding carboxylic acids is 1. The lowest BCUT2D eigenvalue weighted by Gasteiger charge is -2.34. The van der Waals surface area contributed by atoms with E-state index in [1.54, 1.807) is 0 Å². The van der Waals surface area contributed by atoms with Crippen LogP contribution in [0.1, 0.15) is 45.7 Å². The van der Waals surface area contributed by atoms with E-state index in [0.29, 0.717) is 11.7 Å². The Balaban J connectivity index is 1.81. The van der Waals surface area contributed by atoms with Crippen LogP contribution < -0.4 is 5.73 Å². The van der Waals surface area contributed by atoms with Crippen LogP contribution in [0.4, 0.5) is 10.6 Å². The third-order valence-electron chi connectivity index (χ3n) is 3.64. The van der Waals surface area contributed by atoms with Crippen molar-refractivity contribution < 1.29 is 9.53 Å². The summed E-state index contributed by atoms with van der Waals surface area (Å²) in [7, 11) is 0. The normalized spacial score (nSPS) is 19.6. The number of hydrogen-bond donors (Lipinski definition) is 2. The minimum absolute atomic E-state index is 0.196. The smallest absolute Gasteiger partial charge is 0.410 e. The SMILES string of the molecule is CC(C)(C)OC(=O)N1CCCC(CCc2cc(N)n[nH]2)C1. The lowest BCUT2D eigenvalue weighted by molar-refractivity contribution is 0.0162. The Morgan fingerprint density at radius 3 is 2.95 bits per heavy atom. The summed E-state index contributed by atoms with van der Waals surface area (Å²) in [4.78, 5) is 13.9. The molecule has 1 saturated heterocycles. The summed E-state index contributed by atoms with van der Waals surface area (Å²) < 4.78 is 5.45. The standard InChI is InChI=1S/C15H26N4O2/c1-15(2,3)21-14(20)19-8-4-5-11(10-19)6-7-12-9-13(16)18-17-12/h9,11H,4-8,10H2,1-3H3,(H3,16,17,18). The lowest BCUT2D eigenvalue weighted by atomic mass is 9.93. The zero-order valence-corrected chi connectivity index (χ0v) is 13.2. The fourth-order valence-electron chi connectivity index (χ4n) is 2.66.